The molecule has 1 aromatic heterocycles. The minimum absolute atomic E-state index is 0.107. The van der Waals surface area contributed by atoms with Crippen molar-refractivity contribution in [1.82, 2.24) is 4.90 Å². The highest BCUT2D eigenvalue weighted by atomic mass is 32.1. The predicted molar refractivity (Wildman–Crippen MR) is 123 cm³/mol. The van der Waals surface area contributed by atoms with Gasteiger partial charge in [0.1, 0.15) is 0 Å². The number of anilines is 1. The van der Waals surface area contributed by atoms with E-state index >= 15 is 0 Å². The van der Waals surface area contributed by atoms with E-state index in [0.29, 0.717) is 19.0 Å². The van der Waals surface area contributed by atoms with E-state index in [2.05, 4.69) is 35.4 Å². The molecule has 30 heavy (non-hydrogen) atoms. The van der Waals surface area contributed by atoms with Gasteiger partial charge in [0.15, 0.2) is 0 Å². The largest absolute Gasteiger partial charge is 0.351 e. The van der Waals surface area contributed by atoms with Gasteiger partial charge in [-0.3, -0.25) is 4.79 Å². The summed E-state index contributed by atoms with van der Waals surface area (Å²) in [7, 11) is 0. The van der Waals surface area contributed by atoms with E-state index < -0.39 is 0 Å². The summed E-state index contributed by atoms with van der Waals surface area (Å²) in [4.78, 5) is 30.2. The molecule has 2 aliphatic rings. The number of urea groups is 1. The predicted octanol–water partition coefficient (Wildman–Crippen LogP) is 5.12. The summed E-state index contributed by atoms with van der Waals surface area (Å²) >= 11 is 1.69. The van der Waals surface area contributed by atoms with Crippen molar-refractivity contribution >= 4 is 29.0 Å². The zero-order valence-corrected chi connectivity index (χ0v) is 18.4. The van der Waals surface area contributed by atoms with Crippen LogP contribution in [0.1, 0.15) is 45.4 Å². The molecule has 6 heteroatoms. The van der Waals surface area contributed by atoms with Gasteiger partial charge in [0.05, 0.1) is 5.69 Å². The van der Waals surface area contributed by atoms with Gasteiger partial charge in [-0.25, -0.2) is 4.79 Å². The summed E-state index contributed by atoms with van der Waals surface area (Å²) in [5.41, 5.74) is 7.64. The van der Waals surface area contributed by atoms with Crippen LogP contribution in [0.3, 0.4) is 0 Å². The number of nitrogens with zero attached hydrogens (tertiary/aromatic N) is 2. The summed E-state index contributed by atoms with van der Waals surface area (Å²) in [5, 5.41) is 2.12. The number of rotatable bonds is 4. The Labute approximate surface area is 182 Å². The Hall–Kier alpha value is -2.34. The van der Waals surface area contributed by atoms with Crippen molar-refractivity contribution in [2.24, 2.45) is 17.6 Å². The minimum atomic E-state index is -0.366. The van der Waals surface area contributed by atoms with Crippen LogP contribution in [-0.2, 0) is 4.79 Å². The first-order chi connectivity index (χ1) is 14.5. The second-order valence-electron chi connectivity index (χ2n) is 8.76. The van der Waals surface area contributed by atoms with E-state index in [1.165, 1.54) is 10.4 Å². The summed E-state index contributed by atoms with van der Waals surface area (Å²) in [6.45, 7) is 3.51. The Balaban J connectivity index is 1.58. The Kier molecular flexibility index (Phi) is 6.42. The number of amides is 3. The first-order valence-corrected chi connectivity index (χ1v) is 11.9. The average Bonchev–Trinajstić information content (AvgIpc) is 3.25. The number of benzene rings is 1. The maximum Gasteiger partial charge on any atom is 0.314 e. The first-order valence-electron chi connectivity index (χ1n) is 11.0. The van der Waals surface area contributed by atoms with Crippen molar-refractivity contribution < 1.29 is 9.59 Å². The molecule has 0 atom stereocenters. The fourth-order valence-electron chi connectivity index (χ4n) is 4.77. The fraction of sp³-hybridized carbons (Fsp3) is 0.500. The van der Waals surface area contributed by atoms with Crippen molar-refractivity contribution in [3.63, 3.8) is 0 Å². The number of piperidine rings is 1. The Morgan fingerprint density at radius 3 is 2.33 bits per heavy atom. The fourth-order valence-corrected chi connectivity index (χ4v) is 5.66. The third kappa shape index (κ3) is 4.53. The van der Waals surface area contributed by atoms with Gasteiger partial charge in [0.2, 0.25) is 5.91 Å². The number of carbonyl (C=O) groups excluding carboxylic acids is 2. The number of carbonyl (C=O) groups is 2. The molecule has 0 spiro atoms. The van der Waals surface area contributed by atoms with Crippen LogP contribution in [0.15, 0.2) is 41.8 Å². The van der Waals surface area contributed by atoms with E-state index in [1.54, 1.807) is 16.2 Å². The molecule has 160 valence electrons. The summed E-state index contributed by atoms with van der Waals surface area (Å²) in [6.07, 6.45) is 5.76. The smallest absolute Gasteiger partial charge is 0.314 e. The van der Waals surface area contributed by atoms with Crippen LogP contribution in [0.25, 0.3) is 10.4 Å². The molecule has 2 fully saturated rings. The van der Waals surface area contributed by atoms with Crippen LogP contribution < -0.4 is 10.6 Å². The van der Waals surface area contributed by atoms with E-state index in [-0.39, 0.29) is 23.9 Å². The van der Waals surface area contributed by atoms with Gasteiger partial charge < -0.3 is 15.5 Å². The lowest BCUT2D eigenvalue weighted by Crippen LogP contribution is -2.51. The molecule has 0 radical (unpaired) electrons. The molecule has 2 aromatic rings. The third-order valence-electron chi connectivity index (χ3n) is 6.67. The molecule has 1 aliphatic carbocycles. The number of primary amides is 1. The monoisotopic (exact) mass is 425 g/mol. The molecule has 0 bridgehead atoms. The lowest BCUT2D eigenvalue weighted by molar-refractivity contribution is -0.124. The van der Waals surface area contributed by atoms with Gasteiger partial charge in [0, 0.05) is 35.3 Å². The van der Waals surface area contributed by atoms with Crippen molar-refractivity contribution in [2.45, 2.75) is 51.5 Å². The van der Waals surface area contributed by atoms with E-state index in [1.807, 2.05) is 18.2 Å². The van der Waals surface area contributed by atoms with Gasteiger partial charge in [-0.2, -0.15) is 0 Å². The highest BCUT2D eigenvalue weighted by Crippen LogP contribution is 2.37. The second kappa shape index (κ2) is 9.21. The van der Waals surface area contributed by atoms with E-state index in [0.717, 1.165) is 44.2 Å². The molecule has 3 amide bonds. The highest BCUT2D eigenvalue weighted by molar-refractivity contribution is 7.14. The summed E-state index contributed by atoms with van der Waals surface area (Å²) in [6, 6.07) is 12.2. The molecule has 1 saturated carbocycles. The van der Waals surface area contributed by atoms with Crippen molar-refractivity contribution in [3.8, 4) is 10.4 Å². The van der Waals surface area contributed by atoms with Crippen LogP contribution in [0.2, 0.25) is 0 Å². The number of hydrogen-bond acceptors (Lipinski definition) is 3. The Bertz CT molecular complexity index is 866. The van der Waals surface area contributed by atoms with Crippen LogP contribution >= 0.6 is 11.3 Å². The number of nitrogens with two attached hydrogens (primary N) is 1. The van der Waals surface area contributed by atoms with E-state index in [9.17, 15) is 9.59 Å². The molecular weight excluding hydrogens is 394 g/mol. The normalized spacial score (nSPS) is 22.6. The molecule has 5 nitrogen and oxygen atoms in total. The van der Waals surface area contributed by atoms with Gasteiger partial charge in [0.25, 0.3) is 0 Å². The molecule has 2 heterocycles. The standard InChI is InChI=1S/C24H31N3O2S/c1-17-7-9-19(10-8-17)23(28)27(20-11-13-26(14-12-20)24(25)29)21-15-22(30-16-21)18-5-3-2-4-6-18/h2-6,15-17,19-20H,7-14H2,1H3,(H2,25,29). The summed E-state index contributed by atoms with van der Waals surface area (Å²) < 4.78 is 0. The number of likely N-dealkylation sites (tertiary alicyclic amines) is 1. The van der Waals surface area contributed by atoms with Crippen molar-refractivity contribution in [3.05, 3.63) is 41.8 Å². The molecule has 0 unspecified atom stereocenters. The zero-order valence-electron chi connectivity index (χ0n) is 17.6. The van der Waals surface area contributed by atoms with Crippen LogP contribution in [0.4, 0.5) is 10.5 Å². The molecule has 4 rings (SSSR count). The van der Waals surface area contributed by atoms with Crippen LogP contribution in [0.5, 0.6) is 0 Å². The first kappa shape index (κ1) is 20.9. The average molecular weight is 426 g/mol. The van der Waals surface area contributed by atoms with Crippen molar-refractivity contribution in [1.29, 1.82) is 0 Å². The van der Waals surface area contributed by atoms with Crippen LogP contribution in [0, 0.1) is 11.8 Å². The van der Waals surface area contributed by atoms with Gasteiger partial charge in [-0.1, -0.05) is 37.3 Å². The lowest BCUT2D eigenvalue weighted by Gasteiger charge is -2.40. The number of thiophene rings is 1. The van der Waals surface area contributed by atoms with Gasteiger partial charge in [-0.15, -0.1) is 11.3 Å². The number of hydrogen-bond donors (Lipinski definition) is 1. The van der Waals surface area contributed by atoms with Crippen molar-refractivity contribution in [2.75, 3.05) is 18.0 Å². The molecule has 1 aromatic carbocycles. The quantitative estimate of drug-likeness (QED) is 0.739. The third-order valence-corrected chi connectivity index (χ3v) is 7.63. The molecular formula is C24H31N3O2S. The lowest BCUT2D eigenvalue weighted by atomic mass is 9.82. The van der Waals surface area contributed by atoms with Crippen LogP contribution in [-0.4, -0.2) is 36.0 Å². The zero-order chi connectivity index (χ0) is 21.1. The highest BCUT2D eigenvalue weighted by Gasteiger charge is 2.35. The molecule has 2 N–H and O–H groups in total. The summed E-state index contributed by atoms with van der Waals surface area (Å²) in [5.74, 6) is 1.08. The van der Waals surface area contributed by atoms with E-state index in [4.69, 9.17) is 5.73 Å². The Morgan fingerprint density at radius 2 is 1.70 bits per heavy atom. The molecule has 1 saturated heterocycles. The Morgan fingerprint density at radius 1 is 1.03 bits per heavy atom. The SMILES string of the molecule is CC1CCC(C(=O)N(c2csc(-c3ccccc3)c2)C2CCN(C(N)=O)CC2)CC1. The second-order valence-corrected chi connectivity index (χ2v) is 9.67. The van der Waals surface area contributed by atoms with Gasteiger partial charge in [-0.05, 0) is 56.1 Å². The topological polar surface area (TPSA) is 66.6 Å². The maximum atomic E-state index is 13.7. The molecule has 1 aliphatic heterocycles. The maximum absolute atomic E-state index is 13.7. The van der Waals surface area contributed by atoms with Gasteiger partial charge >= 0.3 is 6.03 Å². The minimum Gasteiger partial charge on any atom is -0.351 e.